The first-order valence-electron chi connectivity index (χ1n) is 8.31. The van der Waals surface area contributed by atoms with Crippen LogP contribution in [0.1, 0.15) is 31.9 Å². The highest BCUT2D eigenvalue weighted by Crippen LogP contribution is 2.29. The van der Waals surface area contributed by atoms with Crippen molar-refractivity contribution in [1.82, 2.24) is 4.72 Å². The second-order valence-corrected chi connectivity index (χ2v) is 7.90. The first-order chi connectivity index (χ1) is 13.1. The molecule has 150 valence electrons. The van der Waals surface area contributed by atoms with E-state index in [0.29, 0.717) is 0 Å². The minimum atomic E-state index is -4.19. The number of esters is 1. The summed E-state index contributed by atoms with van der Waals surface area (Å²) in [6, 6.07) is 8.31. The molecule has 0 aliphatic heterocycles. The van der Waals surface area contributed by atoms with Crippen molar-refractivity contribution in [1.29, 1.82) is 0 Å². The molecule has 2 aromatic carbocycles. The summed E-state index contributed by atoms with van der Waals surface area (Å²) in [6.45, 7) is 3.25. The number of rotatable bonds is 8. The van der Waals surface area contributed by atoms with Gasteiger partial charge in [-0.3, -0.25) is 14.9 Å². The number of para-hydroxylation sites is 1. The normalized spacial score (nSPS) is 12.6. The Hall–Kier alpha value is -2.85. The van der Waals surface area contributed by atoms with E-state index in [9.17, 15) is 27.7 Å². The van der Waals surface area contributed by atoms with Gasteiger partial charge in [-0.2, -0.15) is 0 Å². The Morgan fingerprint density at radius 2 is 1.79 bits per heavy atom. The minimum Gasteiger partial charge on any atom is -0.463 e. The third kappa shape index (κ3) is 5.57. The Kier molecular flexibility index (Phi) is 6.81. The maximum absolute atomic E-state index is 13.1. The molecule has 2 aromatic rings. The quantitative estimate of drug-likeness (QED) is 0.406. The first-order valence-corrected chi connectivity index (χ1v) is 9.79. The van der Waals surface area contributed by atoms with E-state index in [1.807, 2.05) is 0 Å². The van der Waals surface area contributed by atoms with E-state index < -0.39 is 45.3 Å². The topological polar surface area (TPSA) is 116 Å². The Balaban J connectivity index is 2.42. The summed E-state index contributed by atoms with van der Waals surface area (Å²) in [4.78, 5) is 22.5. The van der Waals surface area contributed by atoms with Gasteiger partial charge in [0.15, 0.2) is 0 Å². The molecule has 0 radical (unpaired) electrons. The molecule has 0 amide bonds. The molecule has 10 heteroatoms. The lowest BCUT2D eigenvalue weighted by atomic mass is 10.0. The van der Waals surface area contributed by atoms with E-state index in [1.54, 1.807) is 13.8 Å². The van der Waals surface area contributed by atoms with E-state index in [0.717, 1.165) is 24.3 Å². The average molecular weight is 410 g/mol. The van der Waals surface area contributed by atoms with Gasteiger partial charge in [0.05, 0.1) is 28.4 Å². The standard InChI is InChI=1S/C18H19FN2O6S/c1-12(2)27-18(22)11-16(15-5-3-4-6-17(15)21(23)24)20-28(25,26)14-9-7-13(19)8-10-14/h3-10,12,16,20H,11H2,1-2H3/t16-/m1/s1. The number of hydrogen-bond acceptors (Lipinski definition) is 6. The van der Waals surface area contributed by atoms with Crippen LogP contribution in [0.4, 0.5) is 10.1 Å². The number of benzene rings is 2. The van der Waals surface area contributed by atoms with Crippen LogP contribution in [0.5, 0.6) is 0 Å². The van der Waals surface area contributed by atoms with Crippen LogP contribution in [0, 0.1) is 15.9 Å². The van der Waals surface area contributed by atoms with Crippen LogP contribution in [-0.4, -0.2) is 25.4 Å². The number of nitrogens with one attached hydrogen (secondary N) is 1. The molecule has 0 unspecified atom stereocenters. The molecule has 1 N–H and O–H groups in total. The molecule has 28 heavy (non-hydrogen) atoms. The highest BCUT2D eigenvalue weighted by molar-refractivity contribution is 7.89. The van der Waals surface area contributed by atoms with Gasteiger partial charge >= 0.3 is 5.97 Å². The van der Waals surface area contributed by atoms with Crippen molar-refractivity contribution in [2.75, 3.05) is 0 Å². The Bertz CT molecular complexity index is 960. The zero-order valence-corrected chi connectivity index (χ0v) is 16.0. The van der Waals surface area contributed by atoms with Gasteiger partial charge in [-0.15, -0.1) is 0 Å². The van der Waals surface area contributed by atoms with Crippen molar-refractivity contribution in [2.45, 2.75) is 37.3 Å². The van der Waals surface area contributed by atoms with Crippen LogP contribution in [0.15, 0.2) is 53.4 Å². The zero-order chi connectivity index (χ0) is 20.9. The molecule has 0 spiro atoms. The summed E-state index contributed by atoms with van der Waals surface area (Å²) in [6.07, 6.45) is -0.892. The van der Waals surface area contributed by atoms with E-state index in [-0.39, 0.29) is 16.1 Å². The van der Waals surface area contributed by atoms with Crippen molar-refractivity contribution >= 4 is 21.7 Å². The second kappa shape index (κ2) is 8.89. The SMILES string of the molecule is CC(C)OC(=O)C[C@@H](NS(=O)(=O)c1ccc(F)cc1)c1ccccc1[N+](=O)[O-]. The van der Waals surface area contributed by atoms with Crippen molar-refractivity contribution in [3.8, 4) is 0 Å². The van der Waals surface area contributed by atoms with E-state index in [1.165, 1.54) is 24.3 Å². The highest BCUT2D eigenvalue weighted by Gasteiger charge is 2.29. The summed E-state index contributed by atoms with van der Waals surface area (Å²) in [5.41, 5.74) is -0.328. The van der Waals surface area contributed by atoms with Crippen LogP contribution in [0.3, 0.4) is 0 Å². The molecule has 0 aromatic heterocycles. The number of carbonyl (C=O) groups excluding carboxylic acids is 1. The Labute approximate surface area is 161 Å². The molecule has 1 atom stereocenters. The van der Waals surface area contributed by atoms with Gasteiger partial charge in [-0.05, 0) is 38.1 Å². The molecule has 0 fully saturated rings. The van der Waals surface area contributed by atoms with Gasteiger partial charge in [0.2, 0.25) is 10.0 Å². The van der Waals surface area contributed by atoms with E-state index in [4.69, 9.17) is 4.74 Å². The molecule has 8 nitrogen and oxygen atoms in total. The smallest absolute Gasteiger partial charge is 0.308 e. The van der Waals surface area contributed by atoms with Gasteiger partial charge in [-0.1, -0.05) is 18.2 Å². The van der Waals surface area contributed by atoms with E-state index in [2.05, 4.69) is 4.72 Å². The Morgan fingerprint density at radius 1 is 1.18 bits per heavy atom. The van der Waals surface area contributed by atoms with Crippen LogP contribution in [0.2, 0.25) is 0 Å². The largest absolute Gasteiger partial charge is 0.463 e. The number of sulfonamides is 1. The van der Waals surface area contributed by atoms with Gasteiger partial charge in [-0.25, -0.2) is 17.5 Å². The van der Waals surface area contributed by atoms with Crippen molar-refractivity contribution < 1.29 is 27.3 Å². The van der Waals surface area contributed by atoms with Crippen molar-refractivity contribution in [3.05, 3.63) is 70.0 Å². The van der Waals surface area contributed by atoms with Gasteiger partial charge in [0, 0.05) is 11.6 Å². The molecular formula is C18H19FN2O6S. The highest BCUT2D eigenvalue weighted by atomic mass is 32.2. The fraction of sp³-hybridized carbons (Fsp3) is 0.278. The van der Waals surface area contributed by atoms with Crippen molar-refractivity contribution in [3.63, 3.8) is 0 Å². The van der Waals surface area contributed by atoms with Gasteiger partial charge in [0.25, 0.3) is 5.69 Å². The second-order valence-electron chi connectivity index (χ2n) is 6.19. The number of carbonyl (C=O) groups is 1. The number of hydrogen-bond donors (Lipinski definition) is 1. The first kappa shape index (κ1) is 21.5. The predicted molar refractivity (Wildman–Crippen MR) is 98.4 cm³/mol. The monoisotopic (exact) mass is 410 g/mol. The summed E-state index contributed by atoms with van der Waals surface area (Å²) in [5, 5.41) is 11.3. The maximum atomic E-state index is 13.1. The average Bonchev–Trinajstić information content (AvgIpc) is 2.60. The summed E-state index contributed by atoms with van der Waals surface area (Å²) >= 11 is 0. The number of ether oxygens (including phenoxy) is 1. The van der Waals surface area contributed by atoms with Crippen molar-refractivity contribution in [2.24, 2.45) is 0 Å². The van der Waals surface area contributed by atoms with Crippen LogP contribution >= 0.6 is 0 Å². The third-order valence-corrected chi connectivity index (χ3v) is 5.16. The molecule has 0 saturated heterocycles. The molecular weight excluding hydrogens is 391 g/mol. The molecule has 0 bridgehead atoms. The summed E-state index contributed by atoms with van der Waals surface area (Å²) in [5.74, 6) is -1.34. The molecule has 0 aliphatic rings. The number of nitrogens with zero attached hydrogens (tertiary/aromatic N) is 1. The molecule has 0 aliphatic carbocycles. The summed E-state index contributed by atoms with van der Waals surface area (Å²) in [7, 11) is -4.19. The lowest BCUT2D eigenvalue weighted by Gasteiger charge is -2.19. The molecule has 0 heterocycles. The lowest BCUT2D eigenvalue weighted by molar-refractivity contribution is -0.385. The molecule has 0 saturated carbocycles. The lowest BCUT2D eigenvalue weighted by Crippen LogP contribution is -2.31. The fourth-order valence-electron chi connectivity index (χ4n) is 2.51. The van der Waals surface area contributed by atoms with Gasteiger partial charge in [0.1, 0.15) is 5.82 Å². The van der Waals surface area contributed by atoms with Crippen LogP contribution in [0.25, 0.3) is 0 Å². The maximum Gasteiger partial charge on any atom is 0.308 e. The summed E-state index contributed by atoms with van der Waals surface area (Å²) < 4.78 is 45.7. The fourth-order valence-corrected chi connectivity index (χ4v) is 3.73. The number of nitro benzene ring substituents is 1. The Morgan fingerprint density at radius 3 is 2.36 bits per heavy atom. The zero-order valence-electron chi connectivity index (χ0n) is 15.2. The van der Waals surface area contributed by atoms with Gasteiger partial charge < -0.3 is 4.74 Å². The van der Waals surface area contributed by atoms with E-state index >= 15 is 0 Å². The minimum absolute atomic E-state index is 0.0129. The third-order valence-electron chi connectivity index (χ3n) is 3.67. The van der Waals surface area contributed by atoms with Crippen LogP contribution in [-0.2, 0) is 19.6 Å². The van der Waals surface area contributed by atoms with Crippen LogP contribution < -0.4 is 4.72 Å². The number of nitro groups is 1. The number of halogens is 1. The molecule has 2 rings (SSSR count). The predicted octanol–water partition coefficient (Wildman–Crippen LogP) is 3.10.